The van der Waals surface area contributed by atoms with Gasteiger partial charge in [-0.3, -0.25) is 4.79 Å². The summed E-state index contributed by atoms with van der Waals surface area (Å²) >= 11 is 0. The molecule has 3 aromatic rings. The van der Waals surface area contributed by atoms with E-state index in [1.165, 1.54) is 5.56 Å². The zero-order chi connectivity index (χ0) is 24.7. The molecule has 1 aromatic carbocycles. The summed E-state index contributed by atoms with van der Waals surface area (Å²) in [6.45, 7) is 4.11. The zero-order valence-electron chi connectivity index (χ0n) is 20.6. The van der Waals surface area contributed by atoms with Crippen molar-refractivity contribution in [3.05, 3.63) is 65.9 Å². The number of rotatable bonds is 13. The van der Waals surface area contributed by atoms with Crippen LogP contribution in [0.25, 0.3) is 0 Å². The quantitative estimate of drug-likeness (QED) is 0.363. The molecular formula is C27H35N5O3. The molecule has 186 valence electrons. The third-order valence-electron chi connectivity index (χ3n) is 6.65. The van der Waals surface area contributed by atoms with Gasteiger partial charge in [0.25, 0.3) is 0 Å². The lowest BCUT2D eigenvalue weighted by Crippen LogP contribution is -2.35. The molecule has 1 saturated carbocycles. The van der Waals surface area contributed by atoms with Gasteiger partial charge in [-0.1, -0.05) is 6.07 Å². The van der Waals surface area contributed by atoms with E-state index in [2.05, 4.69) is 19.9 Å². The molecule has 0 unspecified atom stereocenters. The Hall–Kier alpha value is -3.55. The van der Waals surface area contributed by atoms with Crippen LogP contribution in [0.5, 0.6) is 11.5 Å². The SMILES string of the molecule is COc1cc(C2(C(=O)NCCCn3cncc3C)CC2)ccc1OCCCCc1ccnc(N)c1. The molecular weight excluding hydrogens is 442 g/mol. The number of carbonyl (C=O) groups is 1. The average molecular weight is 478 g/mol. The van der Waals surface area contributed by atoms with Crippen LogP contribution < -0.4 is 20.5 Å². The van der Waals surface area contributed by atoms with E-state index in [1.807, 2.05) is 49.8 Å². The number of methoxy groups -OCH3 is 1. The lowest BCUT2D eigenvalue weighted by Gasteiger charge is -2.18. The van der Waals surface area contributed by atoms with Gasteiger partial charge in [0.05, 0.1) is 25.5 Å². The Kier molecular flexibility index (Phi) is 7.90. The number of nitrogens with zero attached hydrogens (tertiary/aromatic N) is 3. The van der Waals surface area contributed by atoms with Crippen LogP contribution in [0, 0.1) is 6.92 Å². The van der Waals surface area contributed by atoms with Gasteiger partial charge in [0.2, 0.25) is 5.91 Å². The van der Waals surface area contributed by atoms with Gasteiger partial charge >= 0.3 is 0 Å². The van der Waals surface area contributed by atoms with Gasteiger partial charge < -0.3 is 25.1 Å². The summed E-state index contributed by atoms with van der Waals surface area (Å²) in [5.41, 5.74) is 8.58. The highest BCUT2D eigenvalue weighted by Gasteiger charge is 2.51. The van der Waals surface area contributed by atoms with Crippen molar-refractivity contribution in [2.75, 3.05) is 26.0 Å². The second-order valence-corrected chi connectivity index (χ2v) is 9.18. The predicted molar refractivity (Wildman–Crippen MR) is 136 cm³/mol. The lowest BCUT2D eigenvalue weighted by molar-refractivity contribution is -0.123. The Morgan fingerprint density at radius 2 is 2.03 bits per heavy atom. The maximum Gasteiger partial charge on any atom is 0.230 e. The number of carbonyl (C=O) groups excluding carboxylic acids is 1. The third-order valence-corrected chi connectivity index (χ3v) is 6.65. The van der Waals surface area contributed by atoms with Gasteiger partial charge in [-0.25, -0.2) is 9.97 Å². The van der Waals surface area contributed by atoms with Gasteiger partial charge in [-0.05, 0) is 80.8 Å². The zero-order valence-corrected chi connectivity index (χ0v) is 20.6. The van der Waals surface area contributed by atoms with Gasteiger partial charge in [0.15, 0.2) is 11.5 Å². The number of nitrogens with one attached hydrogen (secondary N) is 1. The maximum atomic E-state index is 13.0. The molecule has 2 heterocycles. The number of aryl methyl sites for hydroxylation is 3. The minimum atomic E-state index is -0.455. The normalized spacial score (nSPS) is 13.9. The van der Waals surface area contributed by atoms with Crippen molar-refractivity contribution in [1.82, 2.24) is 19.9 Å². The van der Waals surface area contributed by atoms with Crippen molar-refractivity contribution in [1.29, 1.82) is 0 Å². The van der Waals surface area contributed by atoms with Crippen LogP contribution in [0.4, 0.5) is 5.82 Å². The molecule has 4 rings (SSSR count). The van der Waals surface area contributed by atoms with E-state index in [4.69, 9.17) is 15.2 Å². The smallest absolute Gasteiger partial charge is 0.230 e. The first-order chi connectivity index (χ1) is 17.0. The Morgan fingerprint density at radius 1 is 1.17 bits per heavy atom. The Labute approximate surface area is 206 Å². The van der Waals surface area contributed by atoms with E-state index >= 15 is 0 Å². The highest BCUT2D eigenvalue weighted by molar-refractivity contribution is 5.91. The number of hydrogen-bond donors (Lipinski definition) is 2. The van der Waals surface area contributed by atoms with Crippen molar-refractivity contribution in [2.45, 2.75) is 57.4 Å². The number of anilines is 1. The highest BCUT2D eigenvalue weighted by atomic mass is 16.5. The van der Waals surface area contributed by atoms with Gasteiger partial charge in [0, 0.05) is 31.2 Å². The summed E-state index contributed by atoms with van der Waals surface area (Å²) in [5, 5.41) is 3.13. The monoisotopic (exact) mass is 477 g/mol. The minimum absolute atomic E-state index is 0.0901. The van der Waals surface area contributed by atoms with Crippen LogP contribution >= 0.6 is 0 Å². The molecule has 0 spiro atoms. The number of ether oxygens (including phenoxy) is 2. The summed E-state index contributed by atoms with van der Waals surface area (Å²) in [7, 11) is 1.64. The van der Waals surface area contributed by atoms with Crippen molar-refractivity contribution < 1.29 is 14.3 Å². The fraction of sp³-hybridized carbons (Fsp3) is 0.444. The van der Waals surface area contributed by atoms with Gasteiger partial charge in [-0.2, -0.15) is 0 Å². The number of hydrogen-bond acceptors (Lipinski definition) is 6. The number of amides is 1. The molecule has 0 bridgehead atoms. The number of aromatic nitrogens is 3. The van der Waals surface area contributed by atoms with Crippen LogP contribution in [0.1, 0.15) is 48.9 Å². The first-order valence-electron chi connectivity index (χ1n) is 12.3. The largest absolute Gasteiger partial charge is 0.493 e. The Balaban J connectivity index is 1.25. The van der Waals surface area contributed by atoms with E-state index in [0.29, 0.717) is 30.5 Å². The van der Waals surface area contributed by atoms with E-state index in [1.54, 1.807) is 13.3 Å². The summed E-state index contributed by atoms with van der Waals surface area (Å²) in [5.74, 6) is 2.01. The molecule has 3 N–H and O–H groups in total. The van der Waals surface area contributed by atoms with Crippen LogP contribution in [-0.4, -0.2) is 40.7 Å². The van der Waals surface area contributed by atoms with Crippen LogP contribution in [0.3, 0.4) is 0 Å². The van der Waals surface area contributed by atoms with E-state index < -0.39 is 5.41 Å². The molecule has 1 aliphatic carbocycles. The third kappa shape index (κ3) is 6.12. The molecule has 0 atom stereocenters. The summed E-state index contributed by atoms with van der Waals surface area (Å²) in [4.78, 5) is 21.2. The summed E-state index contributed by atoms with van der Waals surface area (Å²) in [6, 6.07) is 9.78. The topological polar surface area (TPSA) is 104 Å². The molecule has 0 saturated heterocycles. The highest BCUT2D eigenvalue weighted by Crippen LogP contribution is 2.50. The minimum Gasteiger partial charge on any atom is -0.493 e. The molecule has 0 radical (unpaired) electrons. The summed E-state index contributed by atoms with van der Waals surface area (Å²) < 4.78 is 13.7. The standard InChI is InChI=1S/C27H35N5O3/c1-20-18-29-19-32(20)14-5-12-31-26(33)27(10-11-27)22-7-8-23(24(17-22)34-2)35-15-4-3-6-21-9-13-30-25(28)16-21/h7-9,13,16-19H,3-6,10-12,14-15H2,1-2H3,(H2,28,30)(H,31,33). The first kappa shape index (κ1) is 24.6. The molecule has 8 heteroatoms. The number of benzene rings is 1. The molecule has 1 aliphatic rings. The van der Waals surface area contributed by atoms with Crippen LogP contribution in [0.15, 0.2) is 49.1 Å². The van der Waals surface area contributed by atoms with E-state index in [0.717, 1.165) is 56.3 Å². The maximum absolute atomic E-state index is 13.0. The summed E-state index contributed by atoms with van der Waals surface area (Å²) in [6.07, 6.45) is 10.8. The number of unbranched alkanes of at least 4 members (excludes halogenated alkanes) is 1. The fourth-order valence-corrected chi connectivity index (χ4v) is 4.36. The molecule has 8 nitrogen and oxygen atoms in total. The Morgan fingerprint density at radius 3 is 2.74 bits per heavy atom. The van der Waals surface area contributed by atoms with Crippen LogP contribution in [-0.2, 0) is 23.2 Å². The fourth-order valence-electron chi connectivity index (χ4n) is 4.36. The van der Waals surface area contributed by atoms with E-state index in [-0.39, 0.29) is 5.91 Å². The molecule has 1 fully saturated rings. The predicted octanol–water partition coefficient (Wildman–Crippen LogP) is 3.82. The van der Waals surface area contributed by atoms with E-state index in [9.17, 15) is 4.79 Å². The lowest BCUT2D eigenvalue weighted by atomic mass is 9.94. The number of pyridine rings is 1. The molecule has 1 amide bonds. The molecule has 0 aliphatic heterocycles. The Bertz CT molecular complexity index is 1140. The average Bonchev–Trinajstić information content (AvgIpc) is 3.58. The number of nitrogens with two attached hydrogens (primary N) is 1. The number of nitrogen functional groups attached to an aromatic ring is 1. The van der Waals surface area contributed by atoms with Crippen molar-refractivity contribution in [3.63, 3.8) is 0 Å². The first-order valence-corrected chi connectivity index (χ1v) is 12.3. The molecule has 2 aromatic heterocycles. The van der Waals surface area contributed by atoms with Crippen molar-refractivity contribution >= 4 is 11.7 Å². The van der Waals surface area contributed by atoms with Gasteiger partial charge in [-0.15, -0.1) is 0 Å². The number of imidazole rings is 1. The van der Waals surface area contributed by atoms with Crippen molar-refractivity contribution in [2.24, 2.45) is 0 Å². The second-order valence-electron chi connectivity index (χ2n) is 9.18. The van der Waals surface area contributed by atoms with Crippen LogP contribution in [0.2, 0.25) is 0 Å². The molecule has 35 heavy (non-hydrogen) atoms. The van der Waals surface area contributed by atoms with Crippen molar-refractivity contribution in [3.8, 4) is 11.5 Å². The van der Waals surface area contributed by atoms with Gasteiger partial charge in [0.1, 0.15) is 5.82 Å². The second kappa shape index (κ2) is 11.3.